The van der Waals surface area contributed by atoms with E-state index >= 15 is 0 Å². The zero-order valence-corrected chi connectivity index (χ0v) is 16.0. The fourth-order valence-corrected chi connectivity index (χ4v) is 2.93. The van der Waals surface area contributed by atoms with Crippen LogP contribution in [0.2, 0.25) is 0 Å². The van der Waals surface area contributed by atoms with Crippen molar-refractivity contribution in [2.45, 2.75) is 13.0 Å². The largest absolute Gasteiger partial charge is 0.478 e. The van der Waals surface area contributed by atoms with Gasteiger partial charge >= 0.3 is 5.97 Å². The second-order valence-electron chi connectivity index (χ2n) is 6.58. The van der Waals surface area contributed by atoms with Gasteiger partial charge in [0.15, 0.2) is 0 Å². The molecule has 4 N–H and O–H groups in total. The third-order valence-electron chi connectivity index (χ3n) is 4.43. The van der Waals surface area contributed by atoms with E-state index in [0.717, 1.165) is 17.3 Å². The monoisotopic (exact) mass is 385 g/mol. The lowest BCUT2D eigenvalue weighted by molar-refractivity contribution is 0.0697. The molecule has 0 aliphatic rings. The van der Waals surface area contributed by atoms with Crippen molar-refractivity contribution < 1.29 is 9.90 Å². The first-order valence-corrected chi connectivity index (χ1v) is 9.29. The number of hydrazine groups is 1. The molecule has 0 atom stereocenters. The molecule has 3 aromatic carbocycles. The Balaban J connectivity index is 0.000000169. The molecule has 1 heterocycles. The van der Waals surface area contributed by atoms with E-state index in [1.54, 1.807) is 30.5 Å². The maximum atomic E-state index is 10.6. The highest BCUT2D eigenvalue weighted by molar-refractivity contribution is 5.93. The number of rotatable bonds is 5. The van der Waals surface area contributed by atoms with Crippen molar-refractivity contribution in [2.24, 2.45) is 5.84 Å². The highest BCUT2D eigenvalue weighted by Gasteiger charge is 2.02. The number of fused-ring (bicyclic) bond motifs is 1. The number of carboxylic acid groups (broad SMARTS) is 1. The van der Waals surface area contributed by atoms with Gasteiger partial charge in [0, 0.05) is 18.1 Å². The molecule has 0 radical (unpaired) electrons. The second-order valence-corrected chi connectivity index (χ2v) is 6.58. The zero-order valence-electron chi connectivity index (χ0n) is 16.0. The first-order valence-electron chi connectivity index (χ1n) is 9.29. The molecule has 5 nitrogen and oxygen atoms in total. The third-order valence-corrected chi connectivity index (χ3v) is 4.43. The summed E-state index contributed by atoms with van der Waals surface area (Å²) in [5.74, 6) is 4.36. The van der Waals surface area contributed by atoms with E-state index in [0.29, 0.717) is 12.1 Å². The first-order chi connectivity index (χ1) is 14.2. The van der Waals surface area contributed by atoms with Crippen molar-refractivity contribution in [3.05, 3.63) is 113 Å². The van der Waals surface area contributed by atoms with Crippen LogP contribution in [-0.4, -0.2) is 16.1 Å². The molecule has 0 bridgehead atoms. The molecule has 29 heavy (non-hydrogen) atoms. The lowest BCUT2D eigenvalue weighted by Gasteiger charge is -2.04. The van der Waals surface area contributed by atoms with Gasteiger partial charge in [0.25, 0.3) is 0 Å². The van der Waals surface area contributed by atoms with Crippen molar-refractivity contribution >= 4 is 16.9 Å². The molecule has 1 aromatic heterocycles. The molecule has 0 aliphatic heterocycles. The number of nitrogens with two attached hydrogens (primary N) is 1. The predicted molar refractivity (Wildman–Crippen MR) is 115 cm³/mol. The molecule has 0 fully saturated rings. The van der Waals surface area contributed by atoms with Crippen LogP contribution in [0.5, 0.6) is 0 Å². The summed E-state index contributed by atoms with van der Waals surface area (Å²) in [7, 11) is 0. The summed E-state index contributed by atoms with van der Waals surface area (Å²) in [6.45, 7) is 0.714. The Kier molecular flexibility index (Phi) is 7.05. The van der Waals surface area contributed by atoms with Crippen molar-refractivity contribution in [2.75, 3.05) is 0 Å². The number of nitrogens with one attached hydrogen (secondary N) is 1. The van der Waals surface area contributed by atoms with Crippen LogP contribution < -0.4 is 11.3 Å². The molecule has 0 unspecified atom stereocenters. The minimum absolute atomic E-state index is 0.292. The van der Waals surface area contributed by atoms with E-state index < -0.39 is 5.97 Å². The predicted octanol–water partition coefficient (Wildman–Crippen LogP) is 4.17. The van der Waals surface area contributed by atoms with Crippen LogP contribution in [0.15, 0.2) is 91.1 Å². The average molecular weight is 385 g/mol. The van der Waals surface area contributed by atoms with Crippen molar-refractivity contribution in [3.63, 3.8) is 0 Å². The Labute approximate surface area is 169 Å². The van der Waals surface area contributed by atoms with Crippen LogP contribution in [0, 0.1) is 0 Å². The van der Waals surface area contributed by atoms with Gasteiger partial charge in [0.1, 0.15) is 0 Å². The number of pyridine rings is 1. The maximum Gasteiger partial charge on any atom is 0.335 e. The standard InChI is InChI=1S/C14H16N2.C10H7NO2/c15-16-11-14-8-6-13(7-9-14)10-12-4-2-1-3-5-12;12-10(13)8-3-4-9-7(6-8)2-1-5-11-9/h1-9,16H,10-11,15H2;1-6H,(H,12,13). The lowest BCUT2D eigenvalue weighted by atomic mass is 10.0. The van der Waals surface area contributed by atoms with E-state index in [1.807, 2.05) is 12.1 Å². The quantitative estimate of drug-likeness (QED) is 0.354. The van der Waals surface area contributed by atoms with Gasteiger partial charge in [-0.3, -0.25) is 16.3 Å². The van der Waals surface area contributed by atoms with Gasteiger partial charge in [0.2, 0.25) is 0 Å². The molecule has 4 rings (SSSR count). The Hall–Kier alpha value is -3.54. The SMILES string of the molecule is NNCc1ccc(Cc2ccccc2)cc1.O=C(O)c1ccc2ncccc2c1. The number of carboxylic acids is 1. The molecule has 4 aromatic rings. The number of carbonyl (C=O) groups is 1. The van der Waals surface area contributed by atoms with Crippen molar-refractivity contribution in [3.8, 4) is 0 Å². The Morgan fingerprint density at radius 3 is 2.24 bits per heavy atom. The lowest BCUT2D eigenvalue weighted by Crippen LogP contribution is -2.20. The molecule has 0 spiro atoms. The Morgan fingerprint density at radius 2 is 1.55 bits per heavy atom. The van der Waals surface area contributed by atoms with Crippen molar-refractivity contribution in [1.29, 1.82) is 0 Å². The van der Waals surface area contributed by atoms with Gasteiger partial charge in [-0.25, -0.2) is 4.79 Å². The van der Waals surface area contributed by atoms with E-state index in [9.17, 15) is 4.79 Å². The number of aromatic carboxylic acids is 1. The number of aromatic nitrogens is 1. The van der Waals surface area contributed by atoms with Gasteiger partial charge in [-0.15, -0.1) is 0 Å². The highest BCUT2D eigenvalue weighted by Crippen LogP contribution is 2.13. The third kappa shape index (κ3) is 5.97. The fourth-order valence-electron chi connectivity index (χ4n) is 2.93. The minimum atomic E-state index is -0.911. The van der Waals surface area contributed by atoms with E-state index in [-0.39, 0.29) is 0 Å². The van der Waals surface area contributed by atoms with Crippen LogP contribution in [0.4, 0.5) is 0 Å². The van der Waals surface area contributed by atoms with Crippen LogP contribution in [0.1, 0.15) is 27.0 Å². The fraction of sp³-hybridized carbons (Fsp3) is 0.0833. The first kappa shape index (κ1) is 20.2. The van der Waals surface area contributed by atoms with E-state index in [1.165, 1.54) is 16.7 Å². The van der Waals surface area contributed by atoms with Crippen LogP contribution >= 0.6 is 0 Å². The summed E-state index contributed by atoms with van der Waals surface area (Å²) < 4.78 is 0. The smallest absolute Gasteiger partial charge is 0.335 e. The maximum absolute atomic E-state index is 10.6. The highest BCUT2D eigenvalue weighted by atomic mass is 16.4. The van der Waals surface area contributed by atoms with Gasteiger partial charge in [0.05, 0.1) is 11.1 Å². The summed E-state index contributed by atoms with van der Waals surface area (Å²) in [6.07, 6.45) is 2.67. The van der Waals surface area contributed by atoms with Crippen LogP contribution in [-0.2, 0) is 13.0 Å². The van der Waals surface area contributed by atoms with Gasteiger partial charge in [-0.1, -0.05) is 60.7 Å². The Morgan fingerprint density at radius 1 is 0.862 bits per heavy atom. The summed E-state index contributed by atoms with van der Waals surface area (Å²) in [5.41, 5.74) is 7.63. The topological polar surface area (TPSA) is 88.2 Å². The Bertz CT molecular complexity index is 1060. The average Bonchev–Trinajstić information content (AvgIpc) is 2.76. The molecular formula is C24H23N3O2. The molecular weight excluding hydrogens is 362 g/mol. The van der Waals surface area contributed by atoms with E-state index in [2.05, 4.69) is 58.9 Å². The molecule has 0 saturated carbocycles. The summed E-state index contributed by atoms with van der Waals surface area (Å²) in [5, 5.41) is 9.57. The minimum Gasteiger partial charge on any atom is -0.478 e. The zero-order chi connectivity index (χ0) is 20.5. The van der Waals surface area contributed by atoms with Gasteiger partial charge in [-0.05, 0) is 47.4 Å². The number of nitrogens with zero attached hydrogens (tertiary/aromatic N) is 1. The van der Waals surface area contributed by atoms with E-state index in [4.69, 9.17) is 10.9 Å². The summed E-state index contributed by atoms with van der Waals surface area (Å²) in [6, 6.07) is 27.5. The van der Waals surface area contributed by atoms with Gasteiger partial charge in [-0.2, -0.15) is 0 Å². The summed E-state index contributed by atoms with van der Waals surface area (Å²) in [4.78, 5) is 14.7. The van der Waals surface area contributed by atoms with Crippen molar-refractivity contribution in [1.82, 2.24) is 10.4 Å². The molecule has 0 amide bonds. The van der Waals surface area contributed by atoms with Gasteiger partial charge < -0.3 is 5.11 Å². The van der Waals surface area contributed by atoms with Crippen LogP contribution in [0.3, 0.4) is 0 Å². The molecule has 0 aliphatic carbocycles. The number of benzene rings is 3. The molecule has 5 heteroatoms. The number of hydrogen-bond acceptors (Lipinski definition) is 4. The normalized spacial score (nSPS) is 10.2. The number of hydrogen-bond donors (Lipinski definition) is 3. The molecule has 146 valence electrons. The summed E-state index contributed by atoms with van der Waals surface area (Å²) >= 11 is 0. The molecule has 0 saturated heterocycles. The van der Waals surface area contributed by atoms with Crippen LogP contribution in [0.25, 0.3) is 10.9 Å². The second kappa shape index (κ2) is 10.1.